The predicted molar refractivity (Wildman–Crippen MR) is 110 cm³/mol. The monoisotopic (exact) mass is 390 g/mol. The van der Waals surface area contributed by atoms with E-state index in [0.717, 1.165) is 24.2 Å². The number of methoxy groups -OCH3 is 1. The number of rotatable bonds is 7. The maximum atomic E-state index is 12.7. The molecule has 1 aliphatic heterocycles. The van der Waals surface area contributed by atoms with E-state index in [1.165, 1.54) is 5.56 Å². The zero-order chi connectivity index (χ0) is 20.7. The van der Waals surface area contributed by atoms with Crippen molar-refractivity contribution in [3.05, 3.63) is 29.3 Å². The summed E-state index contributed by atoms with van der Waals surface area (Å²) in [4.78, 5) is 26.2. The van der Waals surface area contributed by atoms with Crippen molar-refractivity contribution in [2.75, 3.05) is 26.8 Å². The van der Waals surface area contributed by atoms with Gasteiger partial charge in [-0.15, -0.1) is 0 Å². The Labute approximate surface area is 168 Å². The Morgan fingerprint density at radius 3 is 2.46 bits per heavy atom. The molecular formula is C22H34N2O4. The Balaban J connectivity index is 1.91. The van der Waals surface area contributed by atoms with Crippen LogP contribution in [0.1, 0.15) is 57.1 Å². The van der Waals surface area contributed by atoms with E-state index in [1.807, 2.05) is 13.0 Å². The molecule has 1 saturated heterocycles. The molecule has 0 saturated carbocycles. The Morgan fingerprint density at radius 1 is 1.25 bits per heavy atom. The van der Waals surface area contributed by atoms with E-state index >= 15 is 0 Å². The Bertz CT molecular complexity index is 667. The van der Waals surface area contributed by atoms with Crippen LogP contribution in [0.3, 0.4) is 0 Å². The molecule has 1 atom stereocenters. The predicted octanol–water partition coefficient (Wildman–Crippen LogP) is 3.87. The smallest absolute Gasteiger partial charge is 0.409 e. The second kappa shape index (κ2) is 10.3. The second-order valence-corrected chi connectivity index (χ2v) is 7.81. The lowest BCUT2D eigenvalue weighted by Gasteiger charge is -2.32. The van der Waals surface area contributed by atoms with Gasteiger partial charge in [0.05, 0.1) is 13.7 Å². The lowest BCUT2D eigenvalue weighted by molar-refractivity contribution is -0.122. The number of carbonyl (C=O) groups is 2. The highest BCUT2D eigenvalue weighted by Gasteiger charge is 2.26. The topological polar surface area (TPSA) is 67.9 Å². The number of nitrogens with zero attached hydrogens (tertiary/aromatic N) is 1. The summed E-state index contributed by atoms with van der Waals surface area (Å²) in [6.45, 7) is 9.75. The Morgan fingerprint density at radius 2 is 1.93 bits per heavy atom. The summed E-state index contributed by atoms with van der Waals surface area (Å²) < 4.78 is 10.4. The average Bonchev–Trinajstić information content (AvgIpc) is 2.66. The third-order valence-electron chi connectivity index (χ3n) is 5.44. The fourth-order valence-electron chi connectivity index (χ4n) is 3.78. The van der Waals surface area contributed by atoms with Crippen LogP contribution in [-0.4, -0.2) is 49.7 Å². The number of amides is 2. The fourth-order valence-corrected chi connectivity index (χ4v) is 3.78. The number of carbonyl (C=O) groups excluding carboxylic acids is 2. The van der Waals surface area contributed by atoms with Crippen LogP contribution in [-0.2, 0) is 9.53 Å². The van der Waals surface area contributed by atoms with Gasteiger partial charge < -0.3 is 19.7 Å². The van der Waals surface area contributed by atoms with E-state index in [4.69, 9.17) is 9.47 Å². The van der Waals surface area contributed by atoms with Gasteiger partial charge in [0.15, 0.2) is 0 Å². The summed E-state index contributed by atoms with van der Waals surface area (Å²) in [7, 11) is 1.67. The Hall–Kier alpha value is -2.24. The van der Waals surface area contributed by atoms with E-state index in [2.05, 4.69) is 31.3 Å². The molecule has 0 spiro atoms. The van der Waals surface area contributed by atoms with Crippen LogP contribution in [0, 0.1) is 12.8 Å². The highest BCUT2D eigenvalue weighted by Crippen LogP contribution is 2.31. The normalized spacial score (nSPS) is 16.0. The van der Waals surface area contributed by atoms with Crippen molar-refractivity contribution in [1.82, 2.24) is 10.2 Å². The zero-order valence-corrected chi connectivity index (χ0v) is 17.8. The third kappa shape index (κ3) is 5.88. The van der Waals surface area contributed by atoms with Crippen molar-refractivity contribution < 1.29 is 19.1 Å². The van der Waals surface area contributed by atoms with Crippen LogP contribution >= 0.6 is 0 Å². The van der Waals surface area contributed by atoms with Gasteiger partial charge in [0.25, 0.3) is 0 Å². The summed E-state index contributed by atoms with van der Waals surface area (Å²) >= 11 is 0. The highest BCUT2D eigenvalue weighted by molar-refractivity contribution is 5.77. The minimum absolute atomic E-state index is 0.0711. The molecule has 0 bridgehead atoms. The first-order chi connectivity index (χ1) is 13.3. The standard InChI is InChI=1S/C22H34N2O4/c1-6-28-22(26)24-11-9-18(10-12-24)23-21(25)14-19(15(2)3)17-7-8-20(27-5)16(4)13-17/h7-8,13,15,18-19H,6,9-12,14H2,1-5H3,(H,23,25). The molecule has 156 valence electrons. The molecule has 0 aliphatic carbocycles. The summed E-state index contributed by atoms with van der Waals surface area (Å²) in [6, 6.07) is 6.27. The van der Waals surface area contributed by atoms with Crippen molar-refractivity contribution in [3.8, 4) is 5.75 Å². The molecule has 1 heterocycles. The first-order valence-corrected chi connectivity index (χ1v) is 10.2. The zero-order valence-electron chi connectivity index (χ0n) is 17.8. The van der Waals surface area contributed by atoms with Crippen molar-refractivity contribution in [1.29, 1.82) is 0 Å². The molecule has 1 unspecified atom stereocenters. The number of ether oxygens (including phenoxy) is 2. The van der Waals surface area contributed by atoms with Gasteiger partial charge in [0, 0.05) is 25.6 Å². The molecule has 1 fully saturated rings. The minimum Gasteiger partial charge on any atom is -0.496 e. The fraction of sp³-hybridized carbons (Fsp3) is 0.636. The van der Waals surface area contributed by atoms with Crippen molar-refractivity contribution in [2.24, 2.45) is 5.92 Å². The van der Waals surface area contributed by atoms with Crippen LogP contribution in [0.4, 0.5) is 4.79 Å². The molecule has 1 aromatic carbocycles. The molecule has 1 aliphatic rings. The van der Waals surface area contributed by atoms with Crippen molar-refractivity contribution in [3.63, 3.8) is 0 Å². The summed E-state index contributed by atoms with van der Waals surface area (Å²) in [5, 5.41) is 3.16. The van der Waals surface area contributed by atoms with E-state index < -0.39 is 0 Å². The molecular weight excluding hydrogens is 356 g/mol. The van der Waals surface area contributed by atoms with Gasteiger partial charge in [-0.3, -0.25) is 4.79 Å². The summed E-state index contributed by atoms with van der Waals surface area (Å²) in [5.74, 6) is 1.44. The third-order valence-corrected chi connectivity index (χ3v) is 5.44. The molecule has 28 heavy (non-hydrogen) atoms. The summed E-state index contributed by atoms with van der Waals surface area (Å²) in [5.41, 5.74) is 2.25. The first-order valence-electron chi connectivity index (χ1n) is 10.2. The van der Waals surface area contributed by atoms with Crippen molar-refractivity contribution >= 4 is 12.0 Å². The number of nitrogens with one attached hydrogen (secondary N) is 1. The number of hydrogen-bond donors (Lipinski definition) is 1. The lowest BCUT2D eigenvalue weighted by Crippen LogP contribution is -2.47. The number of hydrogen-bond acceptors (Lipinski definition) is 4. The average molecular weight is 391 g/mol. The number of aryl methyl sites for hydroxylation is 1. The van der Waals surface area contributed by atoms with Crippen LogP contribution in [0.2, 0.25) is 0 Å². The first kappa shape index (κ1) is 22.1. The van der Waals surface area contributed by atoms with Crippen molar-refractivity contribution in [2.45, 2.75) is 58.9 Å². The second-order valence-electron chi connectivity index (χ2n) is 7.81. The molecule has 2 rings (SSSR count). The van der Waals surface area contributed by atoms with Gasteiger partial charge >= 0.3 is 6.09 Å². The minimum atomic E-state index is -0.262. The van der Waals surface area contributed by atoms with Crippen LogP contribution in [0.25, 0.3) is 0 Å². The molecule has 2 amide bonds. The van der Waals surface area contributed by atoms with Gasteiger partial charge in [0.1, 0.15) is 5.75 Å². The van der Waals surface area contributed by atoms with Gasteiger partial charge in [-0.25, -0.2) is 4.79 Å². The van der Waals surface area contributed by atoms with Crippen LogP contribution in [0.5, 0.6) is 5.75 Å². The maximum absolute atomic E-state index is 12.7. The van der Waals surface area contributed by atoms with Gasteiger partial charge in [-0.05, 0) is 55.7 Å². The molecule has 1 N–H and O–H groups in total. The van der Waals surface area contributed by atoms with E-state index in [1.54, 1.807) is 18.9 Å². The number of likely N-dealkylation sites (tertiary alicyclic amines) is 1. The quantitative estimate of drug-likeness (QED) is 0.767. The number of benzene rings is 1. The Kier molecular flexibility index (Phi) is 8.15. The van der Waals surface area contributed by atoms with Crippen LogP contribution < -0.4 is 10.1 Å². The van der Waals surface area contributed by atoms with E-state index in [0.29, 0.717) is 32.0 Å². The SMILES string of the molecule is CCOC(=O)N1CCC(NC(=O)CC(c2ccc(OC)c(C)c2)C(C)C)CC1. The van der Waals surface area contributed by atoms with Gasteiger partial charge in [0.2, 0.25) is 5.91 Å². The van der Waals surface area contributed by atoms with Gasteiger partial charge in [-0.2, -0.15) is 0 Å². The molecule has 6 heteroatoms. The van der Waals surface area contributed by atoms with E-state index in [-0.39, 0.29) is 24.0 Å². The van der Waals surface area contributed by atoms with Gasteiger partial charge in [-0.1, -0.05) is 26.0 Å². The van der Waals surface area contributed by atoms with Crippen LogP contribution in [0.15, 0.2) is 18.2 Å². The largest absolute Gasteiger partial charge is 0.496 e. The molecule has 0 aromatic heterocycles. The highest BCUT2D eigenvalue weighted by atomic mass is 16.6. The molecule has 6 nitrogen and oxygen atoms in total. The maximum Gasteiger partial charge on any atom is 0.409 e. The molecule has 0 radical (unpaired) electrons. The van der Waals surface area contributed by atoms with E-state index in [9.17, 15) is 9.59 Å². The molecule has 1 aromatic rings. The number of piperidine rings is 1. The summed E-state index contributed by atoms with van der Waals surface area (Å²) in [6.07, 6.45) is 1.72. The lowest BCUT2D eigenvalue weighted by atomic mass is 9.84.